The average Bonchev–Trinajstić information content (AvgIpc) is 2.95. The molecule has 8 heteroatoms. The molecule has 2 aromatic heterocycles. The molecule has 0 aromatic carbocycles. The maximum atomic E-state index is 12.5. The number of carbonyl (C=O) groups excluding carboxylic acids is 1. The lowest BCUT2D eigenvalue weighted by molar-refractivity contribution is -0.141. The summed E-state index contributed by atoms with van der Waals surface area (Å²) in [5, 5.41) is 6.80. The Balaban J connectivity index is 2.07. The van der Waals surface area contributed by atoms with Crippen molar-refractivity contribution >= 4 is 5.91 Å². The van der Waals surface area contributed by atoms with E-state index in [9.17, 15) is 18.0 Å². The monoisotopic (exact) mass is 326 g/mol. The quantitative estimate of drug-likeness (QED) is 0.918. The van der Waals surface area contributed by atoms with Crippen LogP contribution in [0.1, 0.15) is 48.1 Å². The molecule has 1 atom stereocenters. The molecule has 5 nitrogen and oxygen atoms in total. The molecule has 0 aliphatic heterocycles. The summed E-state index contributed by atoms with van der Waals surface area (Å²) in [7, 11) is 0. The third-order valence-electron chi connectivity index (χ3n) is 3.31. The lowest BCUT2D eigenvalue weighted by Gasteiger charge is -2.15. The normalized spacial score (nSPS) is 12.9. The van der Waals surface area contributed by atoms with Crippen molar-refractivity contribution in [1.82, 2.24) is 20.1 Å². The third-order valence-corrected chi connectivity index (χ3v) is 3.31. The van der Waals surface area contributed by atoms with Gasteiger partial charge in [-0.3, -0.25) is 14.5 Å². The highest BCUT2D eigenvalue weighted by molar-refractivity contribution is 5.92. The van der Waals surface area contributed by atoms with E-state index in [1.54, 1.807) is 17.7 Å². The van der Waals surface area contributed by atoms with E-state index in [2.05, 4.69) is 15.4 Å². The van der Waals surface area contributed by atoms with Crippen molar-refractivity contribution in [3.05, 3.63) is 47.5 Å². The van der Waals surface area contributed by atoms with E-state index >= 15 is 0 Å². The molecule has 1 amide bonds. The third kappa shape index (κ3) is 4.08. The molecule has 0 saturated heterocycles. The Hall–Kier alpha value is -2.38. The van der Waals surface area contributed by atoms with Gasteiger partial charge in [0.25, 0.3) is 5.91 Å². The minimum atomic E-state index is -4.47. The van der Waals surface area contributed by atoms with Crippen LogP contribution in [-0.4, -0.2) is 20.7 Å². The van der Waals surface area contributed by atoms with Gasteiger partial charge in [0.05, 0.1) is 6.04 Å². The molecule has 0 bridgehead atoms. The fourth-order valence-corrected chi connectivity index (χ4v) is 2.10. The SMILES string of the molecule is CCCn1nccc1C(=O)N[C@H](C)c1ccc(C(F)(F)F)nc1. The maximum Gasteiger partial charge on any atom is 0.433 e. The van der Waals surface area contributed by atoms with Crippen LogP contribution in [-0.2, 0) is 12.7 Å². The first-order valence-electron chi connectivity index (χ1n) is 7.18. The van der Waals surface area contributed by atoms with Crippen molar-refractivity contribution in [2.75, 3.05) is 0 Å². The predicted octanol–water partition coefficient (Wildman–Crippen LogP) is 3.20. The number of alkyl halides is 3. The number of halogens is 3. The Kier molecular flexibility index (Phi) is 5.02. The molecule has 1 N–H and O–H groups in total. The van der Waals surface area contributed by atoms with Crippen LogP contribution < -0.4 is 5.32 Å². The second-order valence-corrected chi connectivity index (χ2v) is 5.11. The van der Waals surface area contributed by atoms with Gasteiger partial charge in [0.15, 0.2) is 0 Å². The number of rotatable bonds is 5. The zero-order valence-corrected chi connectivity index (χ0v) is 12.8. The van der Waals surface area contributed by atoms with Crippen LogP contribution in [0.5, 0.6) is 0 Å². The van der Waals surface area contributed by atoms with E-state index in [0.29, 0.717) is 17.8 Å². The van der Waals surface area contributed by atoms with Crippen molar-refractivity contribution < 1.29 is 18.0 Å². The van der Waals surface area contributed by atoms with Gasteiger partial charge in [-0.25, -0.2) is 0 Å². The van der Waals surface area contributed by atoms with Gasteiger partial charge in [0.1, 0.15) is 11.4 Å². The first-order chi connectivity index (χ1) is 10.8. The highest BCUT2D eigenvalue weighted by Gasteiger charge is 2.32. The molecule has 0 aliphatic carbocycles. The molecule has 0 spiro atoms. The first-order valence-corrected chi connectivity index (χ1v) is 7.18. The molecule has 2 aromatic rings. The molecular formula is C15H17F3N4O. The van der Waals surface area contributed by atoms with E-state index in [-0.39, 0.29) is 5.91 Å². The minimum absolute atomic E-state index is 0.330. The van der Waals surface area contributed by atoms with Gasteiger partial charge in [-0.1, -0.05) is 13.0 Å². The molecule has 0 fully saturated rings. The van der Waals surface area contributed by atoms with Gasteiger partial charge in [0.2, 0.25) is 0 Å². The van der Waals surface area contributed by atoms with Crippen LogP contribution in [0.15, 0.2) is 30.6 Å². The Bertz CT molecular complexity index is 664. The number of nitrogens with zero attached hydrogens (tertiary/aromatic N) is 3. The van der Waals surface area contributed by atoms with Gasteiger partial charge in [0, 0.05) is 18.9 Å². The molecule has 124 valence electrons. The topological polar surface area (TPSA) is 59.8 Å². The number of aromatic nitrogens is 3. The highest BCUT2D eigenvalue weighted by Crippen LogP contribution is 2.27. The van der Waals surface area contributed by atoms with E-state index in [0.717, 1.165) is 18.7 Å². The van der Waals surface area contributed by atoms with Crippen LogP contribution in [0.3, 0.4) is 0 Å². The van der Waals surface area contributed by atoms with Crippen molar-refractivity contribution in [3.63, 3.8) is 0 Å². The van der Waals surface area contributed by atoms with Crippen molar-refractivity contribution in [2.24, 2.45) is 0 Å². The molecule has 0 unspecified atom stereocenters. The summed E-state index contributed by atoms with van der Waals surface area (Å²) in [4.78, 5) is 15.6. The van der Waals surface area contributed by atoms with E-state index in [1.165, 1.54) is 12.3 Å². The zero-order chi connectivity index (χ0) is 17.0. The van der Waals surface area contributed by atoms with Crippen molar-refractivity contribution in [3.8, 4) is 0 Å². The summed E-state index contributed by atoms with van der Waals surface area (Å²) in [6.45, 7) is 4.27. The van der Waals surface area contributed by atoms with Crippen LogP contribution in [0, 0.1) is 0 Å². The number of nitrogens with one attached hydrogen (secondary N) is 1. The summed E-state index contributed by atoms with van der Waals surface area (Å²) >= 11 is 0. The molecule has 0 radical (unpaired) electrons. The van der Waals surface area contributed by atoms with Crippen molar-refractivity contribution in [1.29, 1.82) is 0 Å². The number of carbonyl (C=O) groups is 1. The predicted molar refractivity (Wildman–Crippen MR) is 77.6 cm³/mol. The Morgan fingerprint density at radius 2 is 2.09 bits per heavy atom. The van der Waals surface area contributed by atoms with Gasteiger partial charge in [-0.15, -0.1) is 0 Å². The number of hydrogen-bond acceptors (Lipinski definition) is 3. The molecule has 2 heterocycles. The average molecular weight is 326 g/mol. The lowest BCUT2D eigenvalue weighted by atomic mass is 10.1. The van der Waals surface area contributed by atoms with Gasteiger partial charge in [-0.05, 0) is 31.0 Å². The highest BCUT2D eigenvalue weighted by atomic mass is 19.4. The Morgan fingerprint density at radius 3 is 2.65 bits per heavy atom. The minimum Gasteiger partial charge on any atom is -0.344 e. The van der Waals surface area contributed by atoms with E-state index < -0.39 is 17.9 Å². The second-order valence-electron chi connectivity index (χ2n) is 5.11. The van der Waals surface area contributed by atoms with Gasteiger partial charge >= 0.3 is 6.18 Å². The van der Waals surface area contributed by atoms with Crippen LogP contribution in [0.2, 0.25) is 0 Å². The summed E-state index contributed by atoms with van der Waals surface area (Å²) in [5.41, 5.74) is -0.0488. The number of amides is 1. The molecule has 0 saturated carbocycles. The molecule has 0 aliphatic rings. The van der Waals surface area contributed by atoms with E-state index in [1.807, 2.05) is 6.92 Å². The Labute approximate surface area is 131 Å². The number of pyridine rings is 1. The number of aryl methyl sites for hydroxylation is 1. The number of hydrogen-bond donors (Lipinski definition) is 1. The van der Waals surface area contributed by atoms with Gasteiger partial charge in [-0.2, -0.15) is 18.3 Å². The summed E-state index contributed by atoms with van der Waals surface area (Å²) in [5.74, 6) is -0.330. The fourth-order valence-electron chi connectivity index (χ4n) is 2.10. The van der Waals surface area contributed by atoms with Crippen LogP contribution >= 0.6 is 0 Å². The van der Waals surface area contributed by atoms with Crippen LogP contribution in [0.4, 0.5) is 13.2 Å². The zero-order valence-electron chi connectivity index (χ0n) is 12.8. The van der Waals surface area contributed by atoms with Crippen LogP contribution in [0.25, 0.3) is 0 Å². The summed E-state index contributed by atoms with van der Waals surface area (Å²) in [6, 6.07) is 3.34. The lowest BCUT2D eigenvalue weighted by Crippen LogP contribution is -2.29. The standard InChI is InChI=1S/C15H17F3N4O/c1-3-8-22-12(6-7-20-22)14(23)21-10(2)11-4-5-13(19-9-11)15(16,17)18/h4-7,9-10H,3,8H2,1-2H3,(H,21,23)/t10-/m1/s1. The second kappa shape index (κ2) is 6.80. The summed E-state index contributed by atoms with van der Waals surface area (Å²) < 4.78 is 39.1. The summed E-state index contributed by atoms with van der Waals surface area (Å²) in [6.07, 6.45) is -0.982. The Morgan fingerprint density at radius 1 is 1.35 bits per heavy atom. The van der Waals surface area contributed by atoms with E-state index in [4.69, 9.17) is 0 Å². The molecular weight excluding hydrogens is 309 g/mol. The molecule has 23 heavy (non-hydrogen) atoms. The molecule has 2 rings (SSSR count). The fraction of sp³-hybridized carbons (Fsp3) is 0.400. The van der Waals surface area contributed by atoms with Gasteiger partial charge < -0.3 is 5.32 Å². The smallest absolute Gasteiger partial charge is 0.344 e. The maximum absolute atomic E-state index is 12.5. The first kappa shape index (κ1) is 17.0. The largest absolute Gasteiger partial charge is 0.433 e. The van der Waals surface area contributed by atoms with Crippen molar-refractivity contribution in [2.45, 2.75) is 39.0 Å².